The van der Waals surface area contributed by atoms with Gasteiger partial charge in [-0.15, -0.1) is 0 Å². The lowest BCUT2D eigenvalue weighted by Gasteiger charge is -2.21. The van der Waals surface area contributed by atoms with Crippen LogP contribution in [-0.2, 0) is 4.74 Å². The first-order valence-corrected chi connectivity index (χ1v) is 6.11. The second-order valence-electron chi connectivity index (χ2n) is 3.89. The van der Waals surface area contributed by atoms with Crippen molar-refractivity contribution in [1.82, 2.24) is 4.90 Å². The number of ether oxygens (including phenoxy) is 1. The van der Waals surface area contributed by atoms with E-state index in [0.29, 0.717) is 16.8 Å². The molecule has 16 heavy (non-hydrogen) atoms. The summed E-state index contributed by atoms with van der Waals surface area (Å²) in [7, 11) is 0. The molecule has 1 aliphatic rings. The Morgan fingerprint density at radius 2 is 2.44 bits per heavy atom. The second-order valence-corrected chi connectivity index (χ2v) is 4.61. The molecule has 0 bridgehead atoms. The smallest absolute Gasteiger partial charge is 0.258 e. The van der Waals surface area contributed by atoms with Crippen LogP contribution in [0.3, 0.4) is 0 Å². The number of furan rings is 1. The van der Waals surface area contributed by atoms with Crippen molar-refractivity contribution in [3.05, 3.63) is 22.6 Å². The molecule has 1 aliphatic heterocycles. The molecule has 0 saturated carbocycles. The van der Waals surface area contributed by atoms with Gasteiger partial charge in [-0.2, -0.15) is 0 Å². The predicted octanol–water partition coefficient (Wildman–Crippen LogP) is 2.29. The van der Waals surface area contributed by atoms with Crippen LogP contribution in [0.4, 0.5) is 0 Å². The summed E-state index contributed by atoms with van der Waals surface area (Å²) in [6.07, 6.45) is 2.48. The zero-order valence-corrected chi connectivity index (χ0v) is 10.7. The van der Waals surface area contributed by atoms with Gasteiger partial charge in [0.05, 0.1) is 17.9 Å². The summed E-state index contributed by atoms with van der Waals surface area (Å²) in [6.45, 7) is 4.07. The zero-order chi connectivity index (χ0) is 11.5. The lowest BCUT2D eigenvalue weighted by atomic mass is 10.2. The highest BCUT2D eigenvalue weighted by Crippen LogP contribution is 2.20. The number of hydrogen-bond acceptors (Lipinski definition) is 3. The summed E-state index contributed by atoms with van der Waals surface area (Å²) >= 11 is 3.22. The Hall–Kier alpha value is -0.810. The van der Waals surface area contributed by atoms with E-state index >= 15 is 0 Å². The maximum atomic E-state index is 12.2. The normalized spacial score (nSPS) is 21.9. The fraction of sp³-hybridized carbons (Fsp3) is 0.545. The summed E-state index contributed by atoms with van der Waals surface area (Å²) in [5, 5.41) is 0. The Labute approximate surface area is 103 Å². The van der Waals surface area contributed by atoms with Crippen molar-refractivity contribution in [1.29, 1.82) is 0 Å². The van der Waals surface area contributed by atoms with Crippen LogP contribution in [0.1, 0.15) is 23.7 Å². The molecule has 88 valence electrons. The number of carbonyl (C=O) groups excluding carboxylic acids is 1. The van der Waals surface area contributed by atoms with Gasteiger partial charge in [-0.3, -0.25) is 4.79 Å². The molecule has 1 aromatic heterocycles. The van der Waals surface area contributed by atoms with Crippen LogP contribution >= 0.6 is 15.9 Å². The monoisotopic (exact) mass is 287 g/mol. The van der Waals surface area contributed by atoms with Crippen LogP contribution in [0, 0.1) is 0 Å². The number of amides is 1. The molecule has 1 saturated heterocycles. The van der Waals surface area contributed by atoms with Gasteiger partial charge >= 0.3 is 0 Å². The largest absolute Gasteiger partial charge is 0.457 e. The highest BCUT2D eigenvalue weighted by molar-refractivity contribution is 9.10. The van der Waals surface area contributed by atoms with E-state index in [2.05, 4.69) is 15.9 Å². The van der Waals surface area contributed by atoms with E-state index in [0.717, 1.165) is 19.6 Å². The van der Waals surface area contributed by atoms with Gasteiger partial charge in [0.2, 0.25) is 0 Å². The van der Waals surface area contributed by atoms with Crippen molar-refractivity contribution >= 4 is 21.8 Å². The van der Waals surface area contributed by atoms with Crippen LogP contribution in [-0.4, -0.2) is 36.6 Å². The third-order valence-corrected chi connectivity index (χ3v) is 3.20. The molecule has 0 spiro atoms. The minimum atomic E-state index is -0.00187. The third kappa shape index (κ3) is 2.47. The van der Waals surface area contributed by atoms with Gasteiger partial charge in [-0.05, 0) is 35.3 Å². The first kappa shape index (κ1) is 11.7. The molecule has 1 atom stereocenters. The molecule has 0 N–H and O–H groups in total. The van der Waals surface area contributed by atoms with Crippen molar-refractivity contribution in [2.45, 2.75) is 19.4 Å². The van der Waals surface area contributed by atoms with E-state index in [9.17, 15) is 4.79 Å². The molecule has 5 heteroatoms. The van der Waals surface area contributed by atoms with Gasteiger partial charge in [0.25, 0.3) is 5.91 Å². The summed E-state index contributed by atoms with van der Waals surface area (Å²) in [6, 6.07) is 1.68. The molecule has 1 unspecified atom stereocenters. The molecule has 0 aromatic carbocycles. The molecule has 1 amide bonds. The molecule has 1 aromatic rings. The van der Waals surface area contributed by atoms with Gasteiger partial charge in [0.1, 0.15) is 0 Å². The predicted molar refractivity (Wildman–Crippen MR) is 62.3 cm³/mol. The summed E-state index contributed by atoms with van der Waals surface area (Å²) < 4.78 is 11.1. The van der Waals surface area contributed by atoms with Crippen molar-refractivity contribution in [2.75, 3.05) is 19.7 Å². The summed E-state index contributed by atoms with van der Waals surface area (Å²) in [5.41, 5.74) is 0.578. The van der Waals surface area contributed by atoms with E-state index in [1.54, 1.807) is 6.07 Å². The standard InChI is InChI=1S/C11H14BrNO3/c1-8-7-13(4-2-5-15-8)11(14)9-3-6-16-10(9)12/h3,6,8H,2,4-5,7H2,1H3. The van der Waals surface area contributed by atoms with Gasteiger partial charge in [0.15, 0.2) is 4.67 Å². The fourth-order valence-corrected chi connectivity index (χ4v) is 2.20. The molecule has 2 heterocycles. The quantitative estimate of drug-likeness (QED) is 0.796. The number of rotatable bonds is 1. The Kier molecular flexibility index (Phi) is 3.66. The average molecular weight is 288 g/mol. The minimum Gasteiger partial charge on any atom is -0.457 e. The Balaban J connectivity index is 2.12. The Morgan fingerprint density at radius 3 is 3.12 bits per heavy atom. The summed E-state index contributed by atoms with van der Waals surface area (Å²) in [4.78, 5) is 14.0. The molecule has 2 rings (SSSR count). The van der Waals surface area contributed by atoms with Gasteiger partial charge < -0.3 is 14.1 Å². The van der Waals surface area contributed by atoms with E-state index in [1.807, 2.05) is 11.8 Å². The molecule has 0 aliphatic carbocycles. The Morgan fingerprint density at radius 1 is 1.62 bits per heavy atom. The van der Waals surface area contributed by atoms with E-state index in [-0.39, 0.29) is 12.0 Å². The molecular formula is C11H14BrNO3. The minimum absolute atomic E-state index is 0.00187. The number of carbonyl (C=O) groups is 1. The van der Waals surface area contributed by atoms with E-state index < -0.39 is 0 Å². The Bertz CT molecular complexity index is 377. The number of hydrogen-bond donors (Lipinski definition) is 0. The molecule has 4 nitrogen and oxygen atoms in total. The maximum absolute atomic E-state index is 12.2. The highest BCUT2D eigenvalue weighted by Gasteiger charge is 2.23. The van der Waals surface area contributed by atoms with Gasteiger partial charge in [-0.25, -0.2) is 0 Å². The number of nitrogens with zero attached hydrogens (tertiary/aromatic N) is 1. The van der Waals surface area contributed by atoms with Crippen molar-refractivity contribution < 1.29 is 13.9 Å². The summed E-state index contributed by atoms with van der Waals surface area (Å²) in [5.74, 6) is -0.00187. The lowest BCUT2D eigenvalue weighted by molar-refractivity contribution is 0.0561. The van der Waals surface area contributed by atoms with Crippen molar-refractivity contribution in [3.8, 4) is 0 Å². The van der Waals surface area contributed by atoms with Crippen LogP contribution in [0.15, 0.2) is 21.4 Å². The van der Waals surface area contributed by atoms with Crippen LogP contribution in [0.5, 0.6) is 0 Å². The maximum Gasteiger partial charge on any atom is 0.258 e. The molecule has 1 fully saturated rings. The SMILES string of the molecule is CC1CN(C(=O)c2ccoc2Br)CCCO1. The first-order chi connectivity index (χ1) is 7.68. The first-order valence-electron chi connectivity index (χ1n) is 5.32. The van der Waals surface area contributed by atoms with Gasteiger partial charge in [-0.1, -0.05) is 0 Å². The topological polar surface area (TPSA) is 42.7 Å². The molecule has 0 radical (unpaired) electrons. The highest BCUT2D eigenvalue weighted by atomic mass is 79.9. The second kappa shape index (κ2) is 5.01. The van der Waals surface area contributed by atoms with E-state index in [1.165, 1.54) is 6.26 Å². The van der Waals surface area contributed by atoms with Gasteiger partial charge in [0, 0.05) is 19.7 Å². The number of halogens is 1. The van der Waals surface area contributed by atoms with Crippen LogP contribution < -0.4 is 0 Å². The van der Waals surface area contributed by atoms with E-state index in [4.69, 9.17) is 9.15 Å². The fourth-order valence-electron chi connectivity index (χ4n) is 1.80. The lowest BCUT2D eigenvalue weighted by Crippen LogP contribution is -2.35. The third-order valence-electron chi connectivity index (χ3n) is 2.59. The van der Waals surface area contributed by atoms with Crippen LogP contribution in [0.2, 0.25) is 0 Å². The average Bonchev–Trinajstić information content (AvgIpc) is 2.55. The van der Waals surface area contributed by atoms with Crippen molar-refractivity contribution in [3.63, 3.8) is 0 Å². The molecular weight excluding hydrogens is 274 g/mol. The van der Waals surface area contributed by atoms with Crippen LogP contribution in [0.25, 0.3) is 0 Å². The van der Waals surface area contributed by atoms with Crippen molar-refractivity contribution in [2.24, 2.45) is 0 Å². The zero-order valence-electron chi connectivity index (χ0n) is 9.11.